The van der Waals surface area contributed by atoms with Crippen LogP contribution in [0.1, 0.15) is 11.1 Å². The van der Waals surface area contributed by atoms with E-state index in [9.17, 15) is 0 Å². The zero-order valence-corrected chi connectivity index (χ0v) is 33.0. The smallest absolute Gasteiger partial charge is 0.0620 e. The van der Waals surface area contributed by atoms with Crippen LogP contribution >= 0.6 is 0 Å². The minimum Gasteiger partial charge on any atom is -0.309 e. The molecule has 60 heavy (non-hydrogen) atoms. The Balaban J connectivity index is 1.12. The summed E-state index contributed by atoms with van der Waals surface area (Å²) in [6.45, 7) is 4.75. The van der Waals surface area contributed by atoms with Gasteiger partial charge in [0.15, 0.2) is 0 Å². The van der Waals surface area contributed by atoms with Crippen LogP contribution in [-0.2, 0) is 0 Å². The van der Waals surface area contributed by atoms with Crippen LogP contribution in [0.4, 0.5) is 0 Å². The number of nitrogens with zero attached hydrogens (tertiary/aromatic N) is 4. The maximum Gasteiger partial charge on any atom is 0.0620 e. The molecule has 15 aromatic rings. The fourth-order valence-electron chi connectivity index (χ4n) is 11.8. The van der Waals surface area contributed by atoms with Gasteiger partial charge in [-0.2, -0.15) is 0 Å². The molecule has 0 aliphatic carbocycles. The van der Waals surface area contributed by atoms with Gasteiger partial charge in [-0.05, 0) is 85.6 Å². The maximum atomic E-state index is 2.61. The van der Waals surface area contributed by atoms with Crippen LogP contribution in [0, 0.1) is 13.8 Å². The molecule has 0 spiro atoms. The van der Waals surface area contributed by atoms with Crippen LogP contribution in [0.3, 0.4) is 0 Å². The van der Waals surface area contributed by atoms with Crippen LogP contribution < -0.4 is 0 Å². The molecule has 0 fully saturated rings. The van der Waals surface area contributed by atoms with Crippen molar-refractivity contribution in [3.05, 3.63) is 181 Å². The fraction of sp³-hybridized carbons (Fsp3) is 0.0357. The molecule has 0 unspecified atom stereocenters. The van der Waals surface area contributed by atoms with Gasteiger partial charge < -0.3 is 17.9 Å². The molecule has 4 nitrogen and oxygen atoms in total. The van der Waals surface area contributed by atoms with Gasteiger partial charge in [0, 0.05) is 76.0 Å². The molecule has 0 atom stereocenters. The molecular weight excluding hydrogens is 729 g/mol. The van der Waals surface area contributed by atoms with Crippen LogP contribution in [0.2, 0.25) is 0 Å². The number of aromatic nitrogens is 4. The van der Waals surface area contributed by atoms with Crippen molar-refractivity contribution in [1.29, 1.82) is 0 Å². The van der Waals surface area contributed by atoms with Gasteiger partial charge in [-0.1, -0.05) is 109 Å². The predicted octanol–water partition coefficient (Wildman–Crippen LogP) is 14.8. The predicted molar refractivity (Wildman–Crippen MR) is 254 cm³/mol. The van der Waals surface area contributed by atoms with Crippen molar-refractivity contribution in [2.45, 2.75) is 13.8 Å². The highest BCUT2D eigenvalue weighted by molar-refractivity contribution is 6.33. The molecule has 0 saturated carbocycles. The lowest BCUT2D eigenvalue weighted by molar-refractivity contribution is 1.18. The van der Waals surface area contributed by atoms with Gasteiger partial charge in [-0.15, -0.1) is 0 Å². The van der Waals surface area contributed by atoms with Gasteiger partial charge in [-0.25, -0.2) is 0 Å². The van der Waals surface area contributed by atoms with E-state index in [4.69, 9.17) is 0 Å². The van der Waals surface area contributed by atoms with Crippen molar-refractivity contribution in [3.63, 3.8) is 0 Å². The first kappa shape index (κ1) is 31.2. The van der Waals surface area contributed by atoms with Crippen molar-refractivity contribution in [2.75, 3.05) is 0 Å². The molecule has 6 heterocycles. The number of hydrogen-bond acceptors (Lipinski definition) is 0. The Bertz CT molecular complexity index is 4060. The Morgan fingerprint density at radius 1 is 0.267 bits per heavy atom. The first-order chi connectivity index (χ1) is 29.7. The zero-order chi connectivity index (χ0) is 39.1. The normalized spacial score (nSPS) is 12.8. The number of fused-ring (bicyclic) bond motifs is 18. The van der Waals surface area contributed by atoms with E-state index in [2.05, 4.69) is 202 Å². The van der Waals surface area contributed by atoms with E-state index in [0.717, 1.165) is 0 Å². The molecular formula is C56H34N4. The third kappa shape index (κ3) is 3.50. The second kappa shape index (κ2) is 10.6. The lowest BCUT2D eigenvalue weighted by Gasteiger charge is -2.11. The molecule has 6 aromatic heterocycles. The highest BCUT2D eigenvalue weighted by Crippen LogP contribution is 2.50. The molecule has 0 amide bonds. The summed E-state index contributed by atoms with van der Waals surface area (Å²) in [5.41, 5.74) is 17.7. The number of para-hydroxylation sites is 6. The SMILES string of the molecule is Cc1c2c3cccc4c5cc6c7ccccc7n(-c7ccccc7)c6cc5n(c2c(C)c2c5cccc6c7cc8c9ccccc9n(-c9ccccc9)c8cc7n(c12)c65)c43. The Hall–Kier alpha value is -7.82. The summed E-state index contributed by atoms with van der Waals surface area (Å²) in [5.74, 6) is 0. The van der Waals surface area contributed by atoms with Crippen LogP contribution in [0.25, 0.3) is 131 Å². The monoisotopic (exact) mass is 762 g/mol. The van der Waals surface area contributed by atoms with Crippen molar-refractivity contribution >= 4 is 120 Å². The van der Waals surface area contributed by atoms with E-state index in [0.29, 0.717) is 0 Å². The molecule has 0 saturated heterocycles. The largest absolute Gasteiger partial charge is 0.309 e. The summed E-state index contributed by atoms with van der Waals surface area (Å²) in [4.78, 5) is 0. The third-order valence-corrected chi connectivity index (χ3v) is 14.1. The standard InChI is InChI=1S/C56H34N4/c1-31-51-39-23-13-21-37-44-28-42-36-20-10-12-26-46(36)58(34-17-7-4-8-18-34)48(42)30-50(44)60(55(37)39)54(51)32(2)52-40-24-14-22-38-43-27-41-35-19-9-11-25-45(35)57(33-15-5-3-6-16-33)47(41)29-49(43)59(53(31)52)56(38)40/h3-30H,1-2H3. The number of aryl methyl sites for hydroxylation is 2. The second-order valence-electron chi connectivity index (χ2n) is 16.9. The second-order valence-corrected chi connectivity index (χ2v) is 16.9. The molecule has 0 radical (unpaired) electrons. The minimum atomic E-state index is 1.18. The summed E-state index contributed by atoms with van der Waals surface area (Å²) in [5, 5.41) is 15.7. The molecule has 0 aliphatic rings. The summed E-state index contributed by atoms with van der Waals surface area (Å²) < 4.78 is 10.1. The van der Waals surface area contributed by atoms with E-state index in [1.54, 1.807) is 0 Å². The van der Waals surface area contributed by atoms with Gasteiger partial charge >= 0.3 is 0 Å². The van der Waals surface area contributed by atoms with Gasteiger partial charge in [0.2, 0.25) is 0 Å². The van der Waals surface area contributed by atoms with Gasteiger partial charge in [0.25, 0.3) is 0 Å². The number of benzene rings is 9. The maximum absolute atomic E-state index is 2.61. The third-order valence-electron chi connectivity index (χ3n) is 14.1. The highest BCUT2D eigenvalue weighted by Gasteiger charge is 2.28. The Labute approximate surface area is 342 Å². The minimum absolute atomic E-state index is 1.18. The van der Waals surface area contributed by atoms with Gasteiger partial charge in [0.1, 0.15) is 0 Å². The Morgan fingerprint density at radius 2 is 0.633 bits per heavy atom. The van der Waals surface area contributed by atoms with Gasteiger partial charge in [0.05, 0.1) is 55.2 Å². The molecule has 0 bridgehead atoms. The lowest BCUT2D eigenvalue weighted by Crippen LogP contribution is -1.94. The molecule has 4 heteroatoms. The molecule has 15 rings (SSSR count). The van der Waals surface area contributed by atoms with Crippen molar-refractivity contribution in [3.8, 4) is 11.4 Å². The first-order valence-electron chi connectivity index (χ1n) is 21.0. The topological polar surface area (TPSA) is 18.7 Å². The van der Waals surface area contributed by atoms with E-state index < -0.39 is 0 Å². The average Bonchev–Trinajstić information content (AvgIpc) is 4.13. The van der Waals surface area contributed by atoms with E-state index in [1.807, 2.05) is 0 Å². The van der Waals surface area contributed by atoms with Gasteiger partial charge in [-0.3, -0.25) is 0 Å². The summed E-state index contributed by atoms with van der Waals surface area (Å²) in [6, 6.07) is 63.1. The summed E-state index contributed by atoms with van der Waals surface area (Å²) in [6.07, 6.45) is 0. The highest BCUT2D eigenvalue weighted by atomic mass is 15.0. The van der Waals surface area contributed by atoms with E-state index in [1.165, 1.54) is 142 Å². The van der Waals surface area contributed by atoms with Crippen molar-refractivity contribution in [2.24, 2.45) is 0 Å². The quantitative estimate of drug-likeness (QED) is 0.167. The first-order valence-corrected chi connectivity index (χ1v) is 21.0. The lowest BCUT2D eigenvalue weighted by atomic mass is 9.96. The van der Waals surface area contributed by atoms with Crippen LogP contribution in [0.15, 0.2) is 170 Å². The Morgan fingerprint density at radius 3 is 1.08 bits per heavy atom. The summed E-state index contributed by atoms with van der Waals surface area (Å²) >= 11 is 0. The van der Waals surface area contributed by atoms with Crippen LogP contribution in [-0.4, -0.2) is 17.9 Å². The van der Waals surface area contributed by atoms with E-state index >= 15 is 0 Å². The molecule has 278 valence electrons. The number of hydrogen-bond donors (Lipinski definition) is 0. The van der Waals surface area contributed by atoms with Crippen molar-refractivity contribution in [1.82, 2.24) is 17.9 Å². The zero-order valence-electron chi connectivity index (χ0n) is 33.0. The van der Waals surface area contributed by atoms with E-state index in [-0.39, 0.29) is 0 Å². The number of rotatable bonds is 2. The molecule has 9 aromatic carbocycles. The molecule has 0 N–H and O–H groups in total. The Kier molecular flexibility index (Phi) is 5.52. The van der Waals surface area contributed by atoms with Crippen LogP contribution in [0.5, 0.6) is 0 Å². The summed E-state index contributed by atoms with van der Waals surface area (Å²) in [7, 11) is 0. The average molecular weight is 763 g/mol. The molecule has 0 aliphatic heterocycles. The van der Waals surface area contributed by atoms with Crippen molar-refractivity contribution < 1.29 is 0 Å². The fourth-order valence-corrected chi connectivity index (χ4v) is 11.8.